The third-order valence-corrected chi connectivity index (χ3v) is 6.41. The zero-order valence-electron chi connectivity index (χ0n) is 17.3. The van der Waals surface area contributed by atoms with Gasteiger partial charge in [-0.2, -0.15) is 0 Å². The van der Waals surface area contributed by atoms with Gasteiger partial charge in [0.05, 0.1) is 24.7 Å². The van der Waals surface area contributed by atoms with E-state index in [2.05, 4.69) is 16.0 Å². The van der Waals surface area contributed by atoms with Crippen molar-refractivity contribution in [2.45, 2.75) is 32.1 Å². The van der Waals surface area contributed by atoms with Crippen LogP contribution in [0.1, 0.15) is 49.9 Å². The number of thiophene rings is 1. The summed E-state index contributed by atoms with van der Waals surface area (Å²) in [6, 6.07) is 8.62. The molecule has 9 heteroatoms. The number of nitrogens with zero attached hydrogens (tertiary/aromatic N) is 1. The number of nitrogens with one attached hydrogen (secondary N) is 2. The number of aryl methyl sites for hydroxylation is 2. The first-order valence-corrected chi connectivity index (χ1v) is 10.8. The van der Waals surface area contributed by atoms with Crippen molar-refractivity contribution in [2.75, 3.05) is 14.2 Å². The first-order chi connectivity index (χ1) is 15.1. The Morgan fingerprint density at radius 3 is 2.61 bits per heavy atom. The molecular formula is C22H23N3O5S. The molecule has 162 valence electrons. The molecule has 0 atom stereocenters. The van der Waals surface area contributed by atoms with Crippen LogP contribution >= 0.6 is 11.3 Å². The van der Waals surface area contributed by atoms with Gasteiger partial charge in [0.15, 0.2) is 11.5 Å². The average molecular weight is 442 g/mol. The van der Waals surface area contributed by atoms with Crippen LogP contribution in [0.4, 0.5) is 0 Å². The van der Waals surface area contributed by atoms with Crippen LogP contribution in [0.15, 0.2) is 34.9 Å². The molecule has 0 saturated heterocycles. The molecule has 0 spiro atoms. The number of benzene rings is 1. The lowest BCUT2D eigenvalue weighted by Crippen LogP contribution is -2.41. The van der Waals surface area contributed by atoms with Crippen molar-refractivity contribution in [1.82, 2.24) is 16.0 Å². The largest absolute Gasteiger partial charge is 0.497 e. The van der Waals surface area contributed by atoms with Crippen molar-refractivity contribution in [3.63, 3.8) is 0 Å². The topological polar surface area (TPSA) is 103 Å². The van der Waals surface area contributed by atoms with Gasteiger partial charge in [-0.05, 0) is 55.5 Å². The zero-order chi connectivity index (χ0) is 21.8. The van der Waals surface area contributed by atoms with Crippen LogP contribution in [0.3, 0.4) is 0 Å². The number of rotatable bonds is 5. The highest BCUT2D eigenvalue weighted by atomic mass is 32.1. The van der Waals surface area contributed by atoms with Crippen LogP contribution in [-0.2, 0) is 12.8 Å². The van der Waals surface area contributed by atoms with Gasteiger partial charge in [-0.3, -0.25) is 20.4 Å². The summed E-state index contributed by atoms with van der Waals surface area (Å²) < 4.78 is 15.9. The first kappa shape index (κ1) is 20.9. The Morgan fingerprint density at radius 2 is 1.81 bits per heavy atom. The van der Waals surface area contributed by atoms with Crippen LogP contribution in [0.25, 0.3) is 11.3 Å². The molecule has 3 aromatic rings. The molecule has 0 unspecified atom stereocenters. The molecule has 0 fully saturated rings. The monoisotopic (exact) mass is 441 g/mol. The molecule has 0 saturated carbocycles. The van der Waals surface area contributed by atoms with Gasteiger partial charge in [0.2, 0.25) is 0 Å². The Kier molecular flexibility index (Phi) is 6.22. The normalized spacial score (nSPS) is 13.1. The molecule has 1 aliphatic carbocycles. The van der Waals surface area contributed by atoms with Crippen LogP contribution < -0.4 is 20.3 Å². The third-order valence-electron chi connectivity index (χ3n) is 5.17. The van der Waals surface area contributed by atoms with E-state index >= 15 is 0 Å². The lowest BCUT2D eigenvalue weighted by atomic mass is 10.1. The van der Waals surface area contributed by atoms with E-state index in [1.807, 2.05) is 6.07 Å². The van der Waals surface area contributed by atoms with Gasteiger partial charge in [-0.1, -0.05) is 11.6 Å². The lowest BCUT2D eigenvalue weighted by molar-refractivity contribution is 0.0843. The highest BCUT2D eigenvalue weighted by Gasteiger charge is 2.20. The van der Waals surface area contributed by atoms with Gasteiger partial charge < -0.3 is 14.0 Å². The quantitative estimate of drug-likeness (QED) is 0.462. The highest BCUT2D eigenvalue weighted by Crippen LogP contribution is 2.34. The molecular weight excluding hydrogens is 418 g/mol. The Labute approximate surface area is 183 Å². The molecule has 2 aromatic heterocycles. The summed E-state index contributed by atoms with van der Waals surface area (Å²) >= 11 is 1.49. The summed E-state index contributed by atoms with van der Waals surface area (Å²) in [6.07, 6.45) is 5.53. The van der Waals surface area contributed by atoms with E-state index < -0.39 is 5.91 Å². The molecule has 2 N–H and O–H groups in total. The van der Waals surface area contributed by atoms with Gasteiger partial charge in [-0.15, -0.1) is 11.3 Å². The number of amides is 2. The van der Waals surface area contributed by atoms with Crippen molar-refractivity contribution < 1.29 is 23.6 Å². The van der Waals surface area contributed by atoms with Gasteiger partial charge in [0.1, 0.15) is 11.5 Å². The molecule has 1 aromatic carbocycles. The second kappa shape index (κ2) is 9.22. The predicted molar refractivity (Wildman–Crippen MR) is 116 cm³/mol. The van der Waals surface area contributed by atoms with E-state index in [0.717, 1.165) is 25.7 Å². The van der Waals surface area contributed by atoms with E-state index in [9.17, 15) is 9.59 Å². The number of ether oxygens (including phenoxy) is 2. The summed E-state index contributed by atoms with van der Waals surface area (Å²) in [5, 5.41) is 3.81. The van der Waals surface area contributed by atoms with Gasteiger partial charge in [0.25, 0.3) is 11.8 Å². The second-order valence-corrected chi connectivity index (χ2v) is 8.31. The lowest BCUT2D eigenvalue weighted by Gasteiger charge is -2.07. The first-order valence-electron chi connectivity index (χ1n) is 10.0. The highest BCUT2D eigenvalue weighted by molar-refractivity contribution is 7.14. The summed E-state index contributed by atoms with van der Waals surface area (Å²) in [4.78, 5) is 26.8. The number of carbonyl (C=O) groups is 2. The SMILES string of the molecule is COc1ccc(OC)c(-c2cc(C(=O)NNC(=O)c3cc4c(s3)CCCCC4)no2)c1. The van der Waals surface area contributed by atoms with E-state index in [0.29, 0.717) is 27.7 Å². The molecule has 0 radical (unpaired) electrons. The maximum absolute atomic E-state index is 12.5. The predicted octanol–water partition coefficient (Wildman–Crippen LogP) is 3.76. The maximum Gasteiger partial charge on any atom is 0.291 e. The third kappa shape index (κ3) is 4.56. The number of carbonyl (C=O) groups excluding carboxylic acids is 2. The summed E-state index contributed by atoms with van der Waals surface area (Å²) in [6.45, 7) is 0. The number of fused-ring (bicyclic) bond motifs is 1. The molecule has 8 nitrogen and oxygen atoms in total. The standard InChI is InChI=1S/C22H23N3O5S/c1-28-14-8-9-17(29-2)15(11-14)18-12-16(25-30-18)21(26)23-24-22(27)20-10-13-6-4-3-5-7-19(13)31-20/h8-12H,3-7H2,1-2H3,(H,23,26)(H,24,27). The van der Waals surface area contributed by atoms with Crippen LogP contribution in [0.5, 0.6) is 11.5 Å². The fraction of sp³-hybridized carbons (Fsp3) is 0.318. The Bertz CT molecular complexity index is 1080. The van der Waals surface area contributed by atoms with Crippen molar-refractivity contribution in [3.8, 4) is 22.8 Å². The summed E-state index contributed by atoms with van der Waals surface area (Å²) in [5.74, 6) is 0.580. The summed E-state index contributed by atoms with van der Waals surface area (Å²) in [5.41, 5.74) is 6.72. The minimum Gasteiger partial charge on any atom is -0.497 e. The van der Waals surface area contributed by atoms with E-state index in [1.54, 1.807) is 25.3 Å². The Balaban J connectivity index is 1.42. The molecule has 4 rings (SSSR count). The molecule has 1 aliphatic rings. The fourth-order valence-corrected chi connectivity index (χ4v) is 4.68. The number of methoxy groups -OCH3 is 2. The molecule has 31 heavy (non-hydrogen) atoms. The van der Waals surface area contributed by atoms with Crippen LogP contribution in [-0.4, -0.2) is 31.2 Å². The number of aromatic nitrogens is 1. The minimum atomic E-state index is -0.580. The smallest absolute Gasteiger partial charge is 0.291 e. The number of hydrogen-bond acceptors (Lipinski definition) is 7. The van der Waals surface area contributed by atoms with Crippen LogP contribution in [0, 0.1) is 0 Å². The minimum absolute atomic E-state index is 0.0298. The average Bonchev–Trinajstić information content (AvgIpc) is 3.39. The number of hydrogen-bond donors (Lipinski definition) is 2. The van der Waals surface area contributed by atoms with Crippen molar-refractivity contribution in [1.29, 1.82) is 0 Å². The van der Waals surface area contributed by atoms with Gasteiger partial charge in [0, 0.05) is 10.9 Å². The Morgan fingerprint density at radius 1 is 1.00 bits per heavy atom. The fourth-order valence-electron chi connectivity index (χ4n) is 3.53. The Hall–Kier alpha value is -3.33. The number of hydrazine groups is 1. The molecule has 2 amide bonds. The second-order valence-electron chi connectivity index (χ2n) is 7.17. The zero-order valence-corrected chi connectivity index (χ0v) is 18.1. The van der Waals surface area contributed by atoms with Crippen molar-refractivity contribution in [3.05, 3.63) is 51.3 Å². The van der Waals surface area contributed by atoms with Crippen LogP contribution in [0.2, 0.25) is 0 Å². The summed E-state index contributed by atoms with van der Waals surface area (Å²) in [7, 11) is 3.09. The molecule has 0 aliphatic heterocycles. The maximum atomic E-state index is 12.5. The van der Waals surface area contributed by atoms with Crippen molar-refractivity contribution in [2.24, 2.45) is 0 Å². The van der Waals surface area contributed by atoms with E-state index in [1.165, 1.54) is 41.4 Å². The van der Waals surface area contributed by atoms with E-state index in [4.69, 9.17) is 14.0 Å². The molecule has 2 heterocycles. The molecule has 0 bridgehead atoms. The van der Waals surface area contributed by atoms with E-state index in [-0.39, 0.29) is 11.6 Å². The van der Waals surface area contributed by atoms with Crippen molar-refractivity contribution >= 4 is 23.2 Å². The van der Waals surface area contributed by atoms with Gasteiger partial charge >= 0.3 is 0 Å². The van der Waals surface area contributed by atoms with Gasteiger partial charge in [-0.25, -0.2) is 0 Å².